The van der Waals surface area contributed by atoms with Crippen molar-refractivity contribution in [2.24, 2.45) is 0 Å². The monoisotopic (exact) mass is 311 g/mol. The van der Waals surface area contributed by atoms with Crippen LogP contribution < -0.4 is 5.69 Å². The molecule has 23 heavy (non-hydrogen) atoms. The Morgan fingerprint density at radius 3 is 2.57 bits per heavy atom. The van der Waals surface area contributed by atoms with Crippen molar-refractivity contribution < 1.29 is 5.11 Å². The third kappa shape index (κ3) is 2.77. The van der Waals surface area contributed by atoms with Crippen LogP contribution in [0.2, 0.25) is 0 Å². The summed E-state index contributed by atoms with van der Waals surface area (Å²) in [6.45, 7) is 0. The molecule has 107 valence electrons. The van der Waals surface area contributed by atoms with Crippen molar-refractivity contribution in [3.05, 3.63) is 71.1 Å². The Hall–Kier alpha value is -2.14. The fourth-order valence-corrected chi connectivity index (χ4v) is 2.77. The Morgan fingerprint density at radius 2 is 1.74 bits per heavy atom. The van der Waals surface area contributed by atoms with Gasteiger partial charge in [0.25, 0.3) is 0 Å². The minimum absolute atomic E-state index is 0. The van der Waals surface area contributed by atoms with E-state index in [0.29, 0.717) is 11.3 Å². The standard InChI is InChI=1S/C18H12N2O2.Na/c21-13-6-3-5-12(10-13)16-15-9-8-11-4-1-2-7-14(11)17(15)20-18(22)19-16;/h1-10,21H,(H,19,20,22);. The summed E-state index contributed by atoms with van der Waals surface area (Å²) in [7, 11) is 0. The molecular formula is C18H12N2NaO2. The number of phenols is 1. The van der Waals surface area contributed by atoms with Gasteiger partial charge in [-0.25, -0.2) is 4.79 Å². The largest absolute Gasteiger partial charge is 0.508 e. The van der Waals surface area contributed by atoms with E-state index in [1.165, 1.54) is 0 Å². The van der Waals surface area contributed by atoms with Crippen LogP contribution in [-0.4, -0.2) is 44.6 Å². The van der Waals surface area contributed by atoms with Gasteiger partial charge in [0.05, 0.1) is 11.2 Å². The van der Waals surface area contributed by atoms with Gasteiger partial charge in [-0.1, -0.05) is 48.5 Å². The van der Waals surface area contributed by atoms with Gasteiger partial charge in [0.1, 0.15) is 5.75 Å². The predicted molar refractivity (Wildman–Crippen MR) is 92.7 cm³/mol. The first-order valence-corrected chi connectivity index (χ1v) is 6.93. The molecule has 1 aromatic heterocycles. The Kier molecular flexibility index (Phi) is 4.22. The second-order valence-corrected chi connectivity index (χ2v) is 5.15. The molecule has 0 aliphatic carbocycles. The predicted octanol–water partition coefficient (Wildman–Crippen LogP) is 3.07. The van der Waals surface area contributed by atoms with Crippen LogP contribution in [0.3, 0.4) is 0 Å². The molecule has 4 rings (SSSR count). The van der Waals surface area contributed by atoms with Gasteiger partial charge < -0.3 is 10.1 Å². The van der Waals surface area contributed by atoms with Gasteiger partial charge in [-0.05, 0) is 17.5 Å². The Morgan fingerprint density at radius 1 is 0.913 bits per heavy atom. The molecule has 0 bridgehead atoms. The summed E-state index contributed by atoms with van der Waals surface area (Å²) in [5, 5.41) is 12.6. The van der Waals surface area contributed by atoms with E-state index < -0.39 is 5.69 Å². The number of hydrogen-bond donors (Lipinski definition) is 2. The van der Waals surface area contributed by atoms with E-state index in [1.807, 2.05) is 42.5 Å². The SMILES string of the molecule is O=c1nc(-c2cccc(O)c2)c2ccc3ccccc3c2[nH]1.[Na]. The molecule has 0 aliphatic heterocycles. The third-order valence-electron chi connectivity index (χ3n) is 3.75. The summed E-state index contributed by atoms with van der Waals surface area (Å²) in [5.41, 5.74) is 1.64. The number of H-pyrrole nitrogens is 1. The van der Waals surface area contributed by atoms with Gasteiger partial charge in [0.15, 0.2) is 0 Å². The zero-order valence-corrected chi connectivity index (χ0v) is 14.6. The topological polar surface area (TPSA) is 66.0 Å². The molecule has 0 saturated carbocycles. The third-order valence-corrected chi connectivity index (χ3v) is 3.75. The summed E-state index contributed by atoms with van der Waals surface area (Å²) in [6.07, 6.45) is 0. The van der Waals surface area contributed by atoms with E-state index in [9.17, 15) is 9.90 Å². The fraction of sp³-hybridized carbons (Fsp3) is 0. The first-order valence-electron chi connectivity index (χ1n) is 6.93. The quantitative estimate of drug-likeness (QED) is 0.419. The van der Waals surface area contributed by atoms with E-state index in [-0.39, 0.29) is 35.3 Å². The molecule has 3 aromatic carbocycles. The van der Waals surface area contributed by atoms with Crippen LogP contribution in [0.4, 0.5) is 0 Å². The molecule has 4 nitrogen and oxygen atoms in total. The van der Waals surface area contributed by atoms with Crippen LogP contribution in [0, 0.1) is 0 Å². The van der Waals surface area contributed by atoms with Crippen LogP contribution in [-0.2, 0) is 0 Å². The van der Waals surface area contributed by atoms with Crippen molar-refractivity contribution in [1.29, 1.82) is 0 Å². The Balaban J connectivity index is 0.00000156. The number of aromatic nitrogens is 2. The maximum Gasteiger partial charge on any atom is 0.346 e. The smallest absolute Gasteiger partial charge is 0.346 e. The van der Waals surface area contributed by atoms with Gasteiger partial charge in [-0.3, -0.25) is 0 Å². The van der Waals surface area contributed by atoms with Crippen LogP contribution in [0.5, 0.6) is 5.75 Å². The second kappa shape index (κ2) is 6.16. The number of nitrogens with one attached hydrogen (secondary N) is 1. The maximum atomic E-state index is 12.0. The van der Waals surface area contributed by atoms with E-state index in [2.05, 4.69) is 9.97 Å². The summed E-state index contributed by atoms with van der Waals surface area (Å²) in [6, 6.07) is 18.6. The average Bonchev–Trinajstić information content (AvgIpc) is 2.54. The molecule has 1 radical (unpaired) electrons. The normalized spacial score (nSPS) is 10.6. The molecule has 0 aliphatic rings. The number of phenolic OH excluding ortho intramolecular Hbond substituents is 1. The van der Waals surface area contributed by atoms with Gasteiger partial charge in [0.2, 0.25) is 0 Å². The molecule has 5 heteroatoms. The van der Waals surface area contributed by atoms with E-state index in [0.717, 1.165) is 21.7 Å². The Bertz CT molecular complexity index is 1070. The van der Waals surface area contributed by atoms with Gasteiger partial charge >= 0.3 is 5.69 Å². The molecule has 4 aromatic rings. The van der Waals surface area contributed by atoms with Crippen LogP contribution in [0.1, 0.15) is 0 Å². The molecule has 1 heterocycles. The number of benzene rings is 3. The van der Waals surface area contributed by atoms with Crippen molar-refractivity contribution in [3.63, 3.8) is 0 Å². The van der Waals surface area contributed by atoms with Crippen molar-refractivity contribution in [2.75, 3.05) is 0 Å². The number of fused-ring (bicyclic) bond motifs is 3. The molecule has 0 amide bonds. The molecule has 0 fully saturated rings. The van der Waals surface area contributed by atoms with Gasteiger partial charge in [-0.2, -0.15) is 4.98 Å². The first kappa shape index (κ1) is 15.7. The summed E-state index contributed by atoms with van der Waals surface area (Å²) >= 11 is 0. The number of aromatic amines is 1. The zero-order chi connectivity index (χ0) is 15.1. The van der Waals surface area contributed by atoms with Crippen molar-refractivity contribution in [2.45, 2.75) is 0 Å². The number of nitrogens with zero attached hydrogens (tertiary/aromatic N) is 1. The maximum absolute atomic E-state index is 12.0. The molecule has 0 spiro atoms. The van der Waals surface area contributed by atoms with Gasteiger partial charge in [0, 0.05) is 45.9 Å². The Labute approximate surface area is 154 Å². The molecular weight excluding hydrogens is 299 g/mol. The van der Waals surface area contributed by atoms with E-state index >= 15 is 0 Å². The summed E-state index contributed by atoms with van der Waals surface area (Å²) < 4.78 is 0. The zero-order valence-electron chi connectivity index (χ0n) is 12.6. The van der Waals surface area contributed by atoms with Crippen molar-refractivity contribution in [1.82, 2.24) is 9.97 Å². The minimum atomic E-state index is -0.401. The summed E-state index contributed by atoms with van der Waals surface area (Å²) in [5.74, 6) is 0.147. The minimum Gasteiger partial charge on any atom is -0.508 e. The molecule has 0 unspecified atom stereocenters. The van der Waals surface area contributed by atoms with Crippen molar-refractivity contribution >= 4 is 51.2 Å². The van der Waals surface area contributed by atoms with Crippen LogP contribution >= 0.6 is 0 Å². The van der Waals surface area contributed by atoms with E-state index in [4.69, 9.17) is 0 Å². The molecule has 0 atom stereocenters. The second-order valence-electron chi connectivity index (χ2n) is 5.15. The average molecular weight is 311 g/mol. The van der Waals surface area contributed by atoms with E-state index in [1.54, 1.807) is 18.2 Å². The number of hydrogen-bond acceptors (Lipinski definition) is 3. The molecule has 2 N–H and O–H groups in total. The fourth-order valence-electron chi connectivity index (χ4n) is 2.77. The summed E-state index contributed by atoms with van der Waals surface area (Å²) in [4.78, 5) is 18.9. The van der Waals surface area contributed by atoms with Gasteiger partial charge in [-0.15, -0.1) is 0 Å². The molecule has 0 saturated heterocycles. The van der Waals surface area contributed by atoms with Crippen molar-refractivity contribution in [3.8, 4) is 17.0 Å². The first-order chi connectivity index (χ1) is 10.7. The van der Waals surface area contributed by atoms with Crippen LogP contribution in [0.15, 0.2) is 65.5 Å². The van der Waals surface area contributed by atoms with Crippen LogP contribution in [0.25, 0.3) is 32.9 Å². The number of rotatable bonds is 1. The number of aromatic hydroxyl groups is 1.